The number of benzene rings is 2. The molecule has 0 unspecified atom stereocenters. The van der Waals surface area contributed by atoms with Gasteiger partial charge in [0.05, 0.1) is 26.0 Å². The van der Waals surface area contributed by atoms with Crippen molar-refractivity contribution in [2.75, 3.05) is 38.3 Å². The lowest BCUT2D eigenvalue weighted by molar-refractivity contribution is 0.122. The molecular weight excluding hydrogens is 276 g/mol. The third-order valence-electron chi connectivity index (χ3n) is 3.72. The number of hydrogen-bond acceptors (Lipinski definition) is 4. The minimum Gasteiger partial charge on any atom is -0.496 e. The van der Waals surface area contributed by atoms with E-state index in [1.807, 2.05) is 42.6 Å². The Morgan fingerprint density at radius 3 is 2.50 bits per heavy atom. The zero-order chi connectivity index (χ0) is 15.2. The Bertz CT molecular complexity index is 632. The quantitative estimate of drug-likeness (QED) is 0.812. The van der Waals surface area contributed by atoms with Crippen molar-refractivity contribution in [3.8, 4) is 5.75 Å². The van der Waals surface area contributed by atoms with E-state index in [0.29, 0.717) is 0 Å². The molecule has 0 saturated carbocycles. The molecule has 0 aromatic heterocycles. The molecule has 1 fully saturated rings. The summed E-state index contributed by atoms with van der Waals surface area (Å²) in [6.45, 7) is 3.50. The number of anilines is 1. The average molecular weight is 296 g/mol. The van der Waals surface area contributed by atoms with E-state index < -0.39 is 0 Å². The third-order valence-corrected chi connectivity index (χ3v) is 3.72. The number of ether oxygens (including phenoxy) is 2. The van der Waals surface area contributed by atoms with Crippen LogP contribution in [0.4, 0.5) is 11.4 Å². The van der Waals surface area contributed by atoms with Crippen molar-refractivity contribution in [2.45, 2.75) is 0 Å². The van der Waals surface area contributed by atoms with E-state index in [1.54, 1.807) is 7.11 Å². The van der Waals surface area contributed by atoms with Crippen molar-refractivity contribution in [3.05, 3.63) is 54.1 Å². The van der Waals surface area contributed by atoms with Crippen molar-refractivity contribution < 1.29 is 9.47 Å². The first-order valence-electron chi connectivity index (χ1n) is 7.46. The molecule has 0 amide bonds. The molecule has 0 N–H and O–H groups in total. The number of aliphatic imine (C=N–C) groups is 1. The summed E-state index contributed by atoms with van der Waals surface area (Å²) in [5, 5.41) is 0. The van der Waals surface area contributed by atoms with Crippen LogP contribution < -0.4 is 9.64 Å². The van der Waals surface area contributed by atoms with Crippen LogP contribution in [0, 0.1) is 0 Å². The molecule has 0 spiro atoms. The highest BCUT2D eigenvalue weighted by Crippen LogP contribution is 2.21. The van der Waals surface area contributed by atoms with Gasteiger partial charge in [-0.25, -0.2) is 0 Å². The van der Waals surface area contributed by atoms with E-state index in [2.05, 4.69) is 22.0 Å². The third kappa shape index (κ3) is 3.46. The van der Waals surface area contributed by atoms with Gasteiger partial charge >= 0.3 is 0 Å². The summed E-state index contributed by atoms with van der Waals surface area (Å²) in [6, 6.07) is 16.2. The average Bonchev–Trinajstić information content (AvgIpc) is 2.61. The van der Waals surface area contributed by atoms with Crippen molar-refractivity contribution in [1.82, 2.24) is 0 Å². The largest absolute Gasteiger partial charge is 0.496 e. The molecule has 4 nitrogen and oxygen atoms in total. The van der Waals surface area contributed by atoms with E-state index in [4.69, 9.17) is 9.47 Å². The fourth-order valence-corrected chi connectivity index (χ4v) is 2.49. The van der Waals surface area contributed by atoms with E-state index in [9.17, 15) is 0 Å². The highest BCUT2D eigenvalue weighted by Gasteiger charge is 2.10. The van der Waals surface area contributed by atoms with Crippen molar-refractivity contribution in [2.24, 2.45) is 4.99 Å². The van der Waals surface area contributed by atoms with Crippen molar-refractivity contribution in [1.29, 1.82) is 0 Å². The molecule has 1 aliphatic rings. The standard InChI is InChI=1S/C18H20N2O2/c1-21-18-5-3-2-4-15(18)14-19-16-6-8-17(9-7-16)20-10-12-22-13-11-20/h2-9,14H,10-13H2,1H3/b19-14+. The molecule has 0 radical (unpaired) electrons. The highest BCUT2D eigenvalue weighted by atomic mass is 16.5. The molecule has 3 rings (SSSR count). The van der Waals surface area contributed by atoms with Crippen LogP contribution in [0.3, 0.4) is 0 Å². The molecule has 0 bridgehead atoms. The number of morpholine rings is 1. The molecule has 0 aliphatic carbocycles. The number of rotatable bonds is 4. The van der Waals surface area contributed by atoms with Crippen LogP contribution in [-0.2, 0) is 4.74 Å². The summed E-state index contributed by atoms with van der Waals surface area (Å²) in [5.41, 5.74) is 3.13. The van der Waals surface area contributed by atoms with Gasteiger partial charge in [0.1, 0.15) is 5.75 Å². The van der Waals surface area contributed by atoms with Gasteiger partial charge in [0.25, 0.3) is 0 Å². The monoisotopic (exact) mass is 296 g/mol. The van der Waals surface area contributed by atoms with Gasteiger partial charge < -0.3 is 14.4 Å². The van der Waals surface area contributed by atoms with Crippen LogP contribution in [-0.4, -0.2) is 39.6 Å². The number of hydrogen-bond donors (Lipinski definition) is 0. The highest BCUT2D eigenvalue weighted by molar-refractivity contribution is 5.85. The van der Waals surface area contributed by atoms with E-state index >= 15 is 0 Å². The van der Waals surface area contributed by atoms with Gasteiger partial charge in [0.2, 0.25) is 0 Å². The Labute approximate surface area is 131 Å². The Kier molecular flexibility index (Phi) is 4.71. The maximum Gasteiger partial charge on any atom is 0.127 e. The number of para-hydroxylation sites is 1. The first-order chi connectivity index (χ1) is 10.9. The number of nitrogens with zero attached hydrogens (tertiary/aromatic N) is 2. The van der Waals surface area contributed by atoms with E-state index in [1.165, 1.54) is 5.69 Å². The maximum atomic E-state index is 5.38. The maximum absolute atomic E-state index is 5.38. The van der Waals surface area contributed by atoms with Crippen LogP contribution in [0.25, 0.3) is 0 Å². The molecular formula is C18H20N2O2. The fraction of sp³-hybridized carbons (Fsp3) is 0.278. The lowest BCUT2D eigenvalue weighted by atomic mass is 10.2. The Morgan fingerprint density at radius 1 is 1.05 bits per heavy atom. The van der Waals surface area contributed by atoms with Crippen LogP contribution in [0.5, 0.6) is 5.75 Å². The van der Waals surface area contributed by atoms with Gasteiger partial charge in [-0.3, -0.25) is 4.99 Å². The lowest BCUT2D eigenvalue weighted by Crippen LogP contribution is -2.36. The molecule has 1 heterocycles. The molecule has 4 heteroatoms. The predicted octanol–water partition coefficient (Wildman–Crippen LogP) is 3.28. The minimum absolute atomic E-state index is 0.799. The van der Waals surface area contributed by atoms with Crippen LogP contribution in [0.15, 0.2) is 53.5 Å². The predicted molar refractivity (Wildman–Crippen MR) is 89.7 cm³/mol. The van der Waals surface area contributed by atoms with E-state index in [0.717, 1.165) is 43.3 Å². The molecule has 0 atom stereocenters. The van der Waals surface area contributed by atoms with Gasteiger partial charge in [0.15, 0.2) is 0 Å². The van der Waals surface area contributed by atoms with Gasteiger partial charge in [0, 0.05) is 30.6 Å². The SMILES string of the molecule is COc1ccccc1/C=N/c1ccc(N2CCOCC2)cc1. The summed E-state index contributed by atoms with van der Waals surface area (Å²) in [4.78, 5) is 6.85. The van der Waals surface area contributed by atoms with Crippen molar-refractivity contribution >= 4 is 17.6 Å². The van der Waals surface area contributed by atoms with Gasteiger partial charge in [-0.05, 0) is 36.4 Å². The smallest absolute Gasteiger partial charge is 0.127 e. The summed E-state index contributed by atoms with van der Waals surface area (Å²) in [5.74, 6) is 0.830. The van der Waals surface area contributed by atoms with Gasteiger partial charge in [-0.1, -0.05) is 12.1 Å². The summed E-state index contributed by atoms with van der Waals surface area (Å²) in [7, 11) is 1.67. The molecule has 1 aliphatic heterocycles. The summed E-state index contributed by atoms with van der Waals surface area (Å²) >= 11 is 0. The van der Waals surface area contributed by atoms with E-state index in [-0.39, 0.29) is 0 Å². The Morgan fingerprint density at radius 2 is 1.77 bits per heavy atom. The minimum atomic E-state index is 0.799. The number of methoxy groups -OCH3 is 1. The Hall–Kier alpha value is -2.33. The second kappa shape index (κ2) is 7.09. The van der Waals surface area contributed by atoms with Crippen LogP contribution in [0.1, 0.15) is 5.56 Å². The molecule has 2 aromatic carbocycles. The van der Waals surface area contributed by atoms with Crippen LogP contribution in [0.2, 0.25) is 0 Å². The second-order valence-corrected chi connectivity index (χ2v) is 5.12. The lowest BCUT2D eigenvalue weighted by Gasteiger charge is -2.28. The zero-order valence-corrected chi connectivity index (χ0v) is 12.7. The fourth-order valence-electron chi connectivity index (χ4n) is 2.49. The van der Waals surface area contributed by atoms with Crippen molar-refractivity contribution in [3.63, 3.8) is 0 Å². The molecule has 114 valence electrons. The molecule has 1 saturated heterocycles. The molecule has 2 aromatic rings. The summed E-state index contributed by atoms with van der Waals surface area (Å²) in [6.07, 6.45) is 1.84. The first kappa shape index (κ1) is 14.6. The van der Waals surface area contributed by atoms with Crippen LogP contribution >= 0.6 is 0 Å². The normalized spacial score (nSPS) is 15.2. The van der Waals surface area contributed by atoms with Gasteiger partial charge in [-0.15, -0.1) is 0 Å². The second-order valence-electron chi connectivity index (χ2n) is 5.12. The summed E-state index contributed by atoms with van der Waals surface area (Å²) < 4.78 is 10.7. The topological polar surface area (TPSA) is 34.1 Å². The van der Waals surface area contributed by atoms with Gasteiger partial charge in [-0.2, -0.15) is 0 Å². The Balaban J connectivity index is 1.71. The first-order valence-corrected chi connectivity index (χ1v) is 7.46. The zero-order valence-electron chi connectivity index (χ0n) is 12.7. The molecule has 22 heavy (non-hydrogen) atoms.